The van der Waals surface area contributed by atoms with Gasteiger partial charge in [0, 0.05) is 6.54 Å². The normalized spacial score (nSPS) is 9.20. The van der Waals surface area contributed by atoms with Crippen LogP contribution in [0.5, 0.6) is 0 Å². The summed E-state index contributed by atoms with van der Waals surface area (Å²) < 4.78 is 9.11. The molecule has 0 aromatic heterocycles. The molecule has 0 atom stereocenters. The Morgan fingerprint density at radius 1 is 1.07 bits per heavy atom. The lowest BCUT2D eigenvalue weighted by molar-refractivity contribution is 0.0308. The topological polar surface area (TPSA) is 85.9 Å². The maximum Gasteiger partial charge on any atom is 0.431 e. The summed E-state index contributed by atoms with van der Waals surface area (Å²) in [6, 6.07) is 0. The molecule has 0 aliphatic rings. The molecule has 15 heavy (non-hydrogen) atoms. The van der Waals surface area contributed by atoms with E-state index in [2.05, 4.69) is 19.6 Å². The molecule has 88 valence electrons. The molecular weight excluding hydrogens is 204 g/mol. The van der Waals surface area contributed by atoms with Gasteiger partial charge in [0.1, 0.15) is 0 Å². The van der Waals surface area contributed by atoms with Gasteiger partial charge in [-0.05, 0) is 13.8 Å². The predicted octanol–water partition coefficient (Wildman–Crippen LogP) is 0.410. The smallest absolute Gasteiger partial charge is 0.431 e. The van der Waals surface area contributed by atoms with Crippen molar-refractivity contribution in [1.29, 1.82) is 0 Å². The molecule has 0 rings (SSSR count). The third-order valence-electron chi connectivity index (χ3n) is 1.18. The molecule has 0 aliphatic carbocycles. The van der Waals surface area contributed by atoms with Gasteiger partial charge in [-0.15, -0.1) is 0 Å². The Morgan fingerprint density at radius 3 is 2.27 bits per heavy atom. The van der Waals surface area contributed by atoms with Crippen LogP contribution >= 0.6 is 0 Å². The third-order valence-corrected chi connectivity index (χ3v) is 1.18. The largest absolute Gasteiger partial charge is 0.450 e. The van der Waals surface area contributed by atoms with Crippen molar-refractivity contribution < 1.29 is 23.9 Å². The van der Waals surface area contributed by atoms with Crippen LogP contribution in [0.3, 0.4) is 0 Å². The number of hydrogen-bond acceptors (Lipinski definition) is 5. The maximum absolute atomic E-state index is 10.7. The summed E-state index contributed by atoms with van der Waals surface area (Å²) in [6.45, 7) is 4.35. The van der Waals surface area contributed by atoms with Gasteiger partial charge < -0.3 is 14.8 Å². The monoisotopic (exact) mass is 220 g/mol. The molecule has 0 bridgehead atoms. The lowest BCUT2D eigenvalue weighted by Gasteiger charge is -2.06. The second-order valence-electron chi connectivity index (χ2n) is 2.32. The fourth-order valence-electron chi connectivity index (χ4n) is 0.657. The highest BCUT2D eigenvalue weighted by Gasteiger charge is 2.00. The lowest BCUT2D eigenvalue weighted by atomic mass is 10.7. The Balaban J connectivity index is 3.24. The second kappa shape index (κ2) is 9.07. The van der Waals surface area contributed by atoms with Crippen LogP contribution in [0.2, 0.25) is 0 Å². The Bertz CT molecular complexity index is 177. The van der Waals surface area contributed by atoms with E-state index >= 15 is 0 Å². The van der Waals surface area contributed by atoms with Gasteiger partial charge in [0.15, 0.2) is 0 Å². The molecule has 2 amide bonds. The van der Waals surface area contributed by atoms with Crippen molar-refractivity contribution in [2.24, 2.45) is 0 Å². The number of ether oxygens (including phenoxy) is 2. The van der Waals surface area contributed by atoms with Gasteiger partial charge in [-0.1, -0.05) is 0 Å². The predicted molar refractivity (Wildman–Crippen MR) is 51.1 cm³/mol. The second-order valence-corrected chi connectivity index (χ2v) is 2.32. The van der Waals surface area contributed by atoms with E-state index in [0.717, 1.165) is 0 Å². The van der Waals surface area contributed by atoms with Crippen LogP contribution in [0.25, 0.3) is 0 Å². The summed E-state index contributed by atoms with van der Waals surface area (Å²) in [5.74, 6) is 0. The van der Waals surface area contributed by atoms with E-state index in [1.165, 1.54) is 0 Å². The zero-order valence-corrected chi connectivity index (χ0v) is 8.87. The summed E-state index contributed by atoms with van der Waals surface area (Å²) >= 11 is 0. The number of nitrogens with one attached hydrogen (secondary N) is 2. The molecule has 0 fully saturated rings. The molecule has 0 unspecified atom stereocenters. The first-order chi connectivity index (χ1) is 7.20. The van der Waals surface area contributed by atoms with Crippen LogP contribution < -0.4 is 10.8 Å². The van der Waals surface area contributed by atoms with E-state index in [-0.39, 0.29) is 19.8 Å². The highest BCUT2D eigenvalue weighted by molar-refractivity contribution is 5.67. The van der Waals surface area contributed by atoms with Crippen molar-refractivity contribution >= 4 is 12.2 Å². The molecule has 2 N–H and O–H groups in total. The van der Waals surface area contributed by atoms with Gasteiger partial charge in [-0.25, -0.2) is 9.59 Å². The first-order valence-corrected chi connectivity index (χ1v) is 4.65. The number of rotatable bonds is 6. The number of hydrogen-bond donors (Lipinski definition) is 2. The summed E-state index contributed by atoms with van der Waals surface area (Å²) in [6.07, 6.45) is -1.18. The van der Waals surface area contributed by atoms with Crippen molar-refractivity contribution in [3.8, 4) is 0 Å². The molecule has 7 nitrogen and oxygen atoms in total. The van der Waals surface area contributed by atoms with Crippen LogP contribution in [0.1, 0.15) is 13.8 Å². The van der Waals surface area contributed by atoms with E-state index < -0.39 is 12.2 Å². The molecular formula is C8H16N2O5. The summed E-state index contributed by atoms with van der Waals surface area (Å²) in [4.78, 5) is 26.1. The first-order valence-electron chi connectivity index (χ1n) is 4.65. The summed E-state index contributed by atoms with van der Waals surface area (Å²) in [7, 11) is 0. The average Bonchev–Trinajstić information content (AvgIpc) is 2.18. The van der Waals surface area contributed by atoms with Crippen molar-refractivity contribution in [3.05, 3.63) is 0 Å². The minimum absolute atomic E-state index is 0.137. The van der Waals surface area contributed by atoms with Gasteiger partial charge in [0.2, 0.25) is 0 Å². The highest BCUT2D eigenvalue weighted by Crippen LogP contribution is 1.78. The minimum atomic E-state index is -0.659. The number of carbonyl (C=O) groups excluding carboxylic acids is 2. The zero-order chi connectivity index (χ0) is 11.5. The molecule has 0 aromatic rings. The van der Waals surface area contributed by atoms with Gasteiger partial charge in [-0.3, -0.25) is 4.84 Å². The van der Waals surface area contributed by atoms with E-state index in [0.29, 0.717) is 6.61 Å². The van der Waals surface area contributed by atoms with E-state index in [4.69, 9.17) is 0 Å². The van der Waals surface area contributed by atoms with Gasteiger partial charge in [0.25, 0.3) is 0 Å². The van der Waals surface area contributed by atoms with E-state index in [1.54, 1.807) is 13.8 Å². The average molecular weight is 220 g/mol. The summed E-state index contributed by atoms with van der Waals surface area (Å²) in [5.41, 5.74) is 2.04. The molecule has 0 aromatic carbocycles. The highest BCUT2D eigenvalue weighted by atomic mass is 16.7. The first kappa shape index (κ1) is 13.5. The SMILES string of the molecule is CCOC(=O)NCCONC(=O)OCC. The maximum atomic E-state index is 10.7. The molecule has 0 aliphatic heterocycles. The molecule has 7 heteroatoms. The number of amides is 2. The van der Waals surface area contributed by atoms with Gasteiger partial charge in [0.05, 0.1) is 19.8 Å². The third kappa shape index (κ3) is 8.82. The van der Waals surface area contributed by atoms with Crippen LogP contribution in [0, 0.1) is 0 Å². The van der Waals surface area contributed by atoms with Gasteiger partial charge >= 0.3 is 12.2 Å². The Hall–Kier alpha value is -1.50. The number of carbonyl (C=O) groups is 2. The Morgan fingerprint density at radius 2 is 1.67 bits per heavy atom. The van der Waals surface area contributed by atoms with Crippen molar-refractivity contribution in [2.45, 2.75) is 13.8 Å². The fourth-order valence-corrected chi connectivity index (χ4v) is 0.657. The van der Waals surface area contributed by atoms with Crippen LogP contribution in [-0.4, -0.2) is 38.6 Å². The van der Waals surface area contributed by atoms with Gasteiger partial charge in [-0.2, -0.15) is 5.48 Å². The zero-order valence-electron chi connectivity index (χ0n) is 8.87. The Labute approximate surface area is 88.0 Å². The summed E-state index contributed by atoms with van der Waals surface area (Å²) in [5, 5.41) is 2.41. The Kier molecular flexibility index (Phi) is 8.16. The molecule has 0 spiro atoms. The molecule has 0 saturated heterocycles. The molecule has 0 heterocycles. The minimum Gasteiger partial charge on any atom is -0.450 e. The fraction of sp³-hybridized carbons (Fsp3) is 0.750. The van der Waals surface area contributed by atoms with Crippen molar-refractivity contribution in [3.63, 3.8) is 0 Å². The quantitative estimate of drug-likeness (QED) is 0.500. The molecule has 0 radical (unpaired) electrons. The van der Waals surface area contributed by atoms with E-state index in [9.17, 15) is 9.59 Å². The van der Waals surface area contributed by atoms with Crippen LogP contribution in [-0.2, 0) is 14.3 Å². The van der Waals surface area contributed by atoms with Crippen LogP contribution in [0.15, 0.2) is 0 Å². The molecule has 0 saturated carbocycles. The van der Waals surface area contributed by atoms with Crippen molar-refractivity contribution in [2.75, 3.05) is 26.4 Å². The lowest BCUT2D eigenvalue weighted by Crippen LogP contribution is -2.32. The standard InChI is InChI=1S/C8H16N2O5/c1-3-13-7(11)9-5-6-15-10-8(12)14-4-2/h3-6H2,1-2H3,(H,9,11)(H,10,12). The van der Waals surface area contributed by atoms with Crippen molar-refractivity contribution in [1.82, 2.24) is 10.8 Å². The number of alkyl carbamates (subject to hydrolysis) is 1. The number of hydroxylamine groups is 1. The van der Waals surface area contributed by atoms with Crippen LogP contribution in [0.4, 0.5) is 9.59 Å². The van der Waals surface area contributed by atoms with E-state index in [1.807, 2.05) is 5.48 Å².